The highest BCUT2D eigenvalue weighted by molar-refractivity contribution is 8.01. The van der Waals surface area contributed by atoms with Gasteiger partial charge in [-0.2, -0.15) is 0 Å². The molecule has 5 heteroatoms. The molecule has 1 N–H and O–H groups in total. The first kappa shape index (κ1) is 15.7. The minimum Gasteiger partial charge on any atom is -0.481 e. The van der Waals surface area contributed by atoms with Crippen LogP contribution in [0.2, 0.25) is 0 Å². The van der Waals surface area contributed by atoms with Crippen LogP contribution in [0.1, 0.15) is 52.4 Å². The van der Waals surface area contributed by atoms with Crippen molar-refractivity contribution < 1.29 is 14.7 Å². The number of rotatable bonds is 4. The van der Waals surface area contributed by atoms with Crippen LogP contribution in [0.15, 0.2) is 0 Å². The first-order valence-electron chi connectivity index (χ1n) is 7.60. The second kappa shape index (κ2) is 5.96. The molecule has 0 spiro atoms. The van der Waals surface area contributed by atoms with Gasteiger partial charge in [-0.3, -0.25) is 9.59 Å². The third-order valence-corrected chi connectivity index (χ3v) is 6.37. The Morgan fingerprint density at radius 1 is 1.25 bits per heavy atom. The lowest BCUT2D eigenvalue weighted by Gasteiger charge is -2.41. The molecule has 0 aromatic rings. The SMILES string of the molecule is CCCC1(C(=O)O)CCN(C(=O)C2(C)CCCS2)CC1. The van der Waals surface area contributed by atoms with Crippen molar-refractivity contribution in [2.24, 2.45) is 5.41 Å². The number of thioether (sulfide) groups is 1. The summed E-state index contributed by atoms with van der Waals surface area (Å²) in [4.78, 5) is 26.1. The summed E-state index contributed by atoms with van der Waals surface area (Å²) in [5.41, 5.74) is -0.602. The van der Waals surface area contributed by atoms with Gasteiger partial charge in [0.05, 0.1) is 10.2 Å². The first-order valence-corrected chi connectivity index (χ1v) is 8.59. The molecule has 114 valence electrons. The van der Waals surface area contributed by atoms with E-state index in [1.807, 2.05) is 18.7 Å². The number of carboxylic acids is 1. The Labute approximate surface area is 125 Å². The molecule has 0 aromatic carbocycles. The van der Waals surface area contributed by atoms with Crippen LogP contribution in [-0.2, 0) is 9.59 Å². The summed E-state index contributed by atoms with van der Waals surface area (Å²) < 4.78 is -0.270. The number of likely N-dealkylation sites (tertiary alicyclic amines) is 1. The molecule has 1 unspecified atom stereocenters. The number of carbonyl (C=O) groups is 2. The molecular weight excluding hydrogens is 274 g/mol. The summed E-state index contributed by atoms with van der Waals surface area (Å²) in [6.07, 6.45) is 4.86. The van der Waals surface area contributed by atoms with Gasteiger partial charge in [-0.15, -0.1) is 11.8 Å². The lowest BCUT2D eigenvalue weighted by molar-refractivity contribution is -0.155. The predicted molar refractivity (Wildman–Crippen MR) is 80.9 cm³/mol. The number of carbonyl (C=O) groups excluding carboxylic acids is 1. The zero-order chi connectivity index (χ0) is 14.8. The van der Waals surface area contributed by atoms with E-state index in [0.29, 0.717) is 25.9 Å². The Morgan fingerprint density at radius 2 is 1.90 bits per heavy atom. The summed E-state index contributed by atoms with van der Waals surface area (Å²) in [6, 6.07) is 0. The van der Waals surface area contributed by atoms with Crippen molar-refractivity contribution in [3.63, 3.8) is 0 Å². The van der Waals surface area contributed by atoms with Crippen LogP contribution < -0.4 is 0 Å². The molecular formula is C15H25NO3S. The molecule has 1 atom stereocenters. The van der Waals surface area contributed by atoms with Crippen molar-refractivity contribution in [1.82, 2.24) is 4.90 Å². The molecule has 0 aliphatic carbocycles. The minimum absolute atomic E-state index is 0.218. The lowest BCUT2D eigenvalue weighted by atomic mass is 9.75. The van der Waals surface area contributed by atoms with E-state index < -0.39 is 11.4 Å². The number of carboxylic acid groups (broad SMARTS) is 1. The molecule has 0 radical (unpaired) electrons. The van der Waals surface area contributed by atoms with Gasteiger partial charge >= 0.3 is 5.97 Å². The Kier molecular flexibility index (Phi) is 4.67. The molecule has 2 rings (SSSR count). The zero-order valence-electron chi connectivity index (χ0n) is 12.5. The van der Waals surface area contributed by atoms with E-state index in [4.69, 9.17) is 0 Å². The smallest absolute Gasteiger partial charge is 0.309 e. The van der Waals surface area contributed by atoms with Crippen molar-refractivity contribution in [3.8, 4) is 0 Å². The topological polar surface area (TPSA) is 57.6 Å². The normalized spacial score (nSPS) is 29.4. The summed E-state index contributed by atoms with van der Waals surface area (Å²) in [6.45, 7) is 5.26. The Morgan fingerprint density at radius 3 is 2.35 bits per heavy atom. The highest BCUT2D eigenvalue weighted by Crippen LogP contribution is 2.42. The molecule has 2 heterocycles. The molecule has 0 bridgehead atoms. The van der Waals surface area contributed by atoms with Crippen LogP contribution in [0.3, 0.4) is 0 Å². The monoisotopic (exact) mass is 299 g/mol. The molecule has 2 aliphatic rings. The molecule has 1 amide bonds. The summed E-state index contributed by atoms with van der Waals surface area (Å²) in [5, 5.41) is 9.50. The highest BCUT2D eigenvalue weighted by Gasteiger charge is 2.45. The molecule has 0 saturated carbocycles. The molecule has 2 fully saturated rings. The van der Waals surface area contributed by atoms with E-state index in [2.05, 4.69) is 0 Å². The van der Waals surface area contributed by atoms with E-state index in [1.165, 1.54) is 0 Å². The maximum absolute atomic E-state index is 12.6. The molecule has 4 nitrogen and oxygen atoms in total. The maximum Gasteiger partial charge on any atom is 0.309 e. The number of nitrogens with zero attached hydrogens (tertiary/aromatic N) is 1. The van der Waals surface area contributed by atoms with E-state index in [0.717, 1.165) is 31.4 Å². The fourth-order valence-electron chi connectivity index (χ4n) is 3.47. The summed E-state index contributed by atoms with van der Waals surface area (Å²) in [5.74, 6) is 0.591. The average Bonchev–Trinajstić information content (AvgIpc) is 2.87. The van der Waals surface area contributed by atoms with Crippen LogP contribution in [0.25, 0.3) is 0 Å². The third-order valence-electron chi connectivity index (χ3n) is 4.86. The van der Waals surface area contributed by atoms with E-state index in [1.54, 1.807) is 11.8 Å². The van der Waals surface area contributed by atoms with Gasteiger partial charge in [0, 0.05) is 13.1 Å². The average molecular weight is 299 g/mol. The fourth-order valence-corrected chi connectivity index (χ4v) is 4.75. The van der Waals surface area contributed by atoms with Crippen LogP contribution in [0.4, 0.5) is 0 Å². The number of aliphatic carboxylic acids is 1. The Balaban J connectivity index is 2.00. The van der Waals surface area contributed by atoms with E-state index in [9.17, 15) is 14.7 Å². The zero-order valence-corrected chi connectivity index (χ0v) is 13.3. The van der Waals surface area contributed by atoms with Crippen molar-refractivity contribution in [2.45, 2.75) is 57.1 Å². The fraction of sp³-hybridized carbons (Fsp3) is 0.867. The molecule has 0 aromatic heterocycles. The van der Waals surface area contributed by atoms with Crippen LogP contribution >= 0.6 is 11.8 Å². The van der Waals surface area contributed by atoms with Gasteiger partial charge in [-0.1, -0.05) is 13.3 Å². The lowest BCUT2D eigenvalue weighted by Crippen LogP contribution is -2.51. The minimum atomic E-state index is -0.687. The van der Waals surface area contributed by atoms with Crippen molar-refractivity contribution >= 4 is 23.6 Å². The van der Waals surface area contributed by atoms with Gasteiger partial charge in [0.15, 0.2) is 0 Å². The van der Waals surface area contributed by atoms with E-state index in [-0.39, 0.29) is 10.7 Å². The van der Waals surface area contributed by atoms with E-state index >= 15 is 0 Å². The first-order chi connectivity index (χ1) is 9.43. The predicted octanol–water partition coefficient (Wildman–Crippen LogP) is 2.77. The second-order valence-corrected chi connectivity index (χ2v) is 7.91. The van der Waals surface area contributed by atoms with Crippen molar-refractivity contribution in [3.05, 3.63) is 0 Å². The van der Waals surface area contributed by atoms with Gasteiger partial charge in [0.2, 0.25) is 5.91 Å². The van der Waals surface area contributed by atoms with Gasteiger partial charge < -0.3 is 10.0 Å². The number of piperidine rings is 1. The Bertz CT molecular complexity index is 383. The van der Waals surface area contributed by atoms with Gasteiger partial charge in [-0.25, -0.2) is 0 Å². The van der Waals surface area contributed by atoms with Gasteiger partial charge in [0.25, 0.3) is 0 Å². The molecule has 2 aliphatic heterocycles. The van der Waals surface area contributed by atoms with Gasteiger partial charge in [0.1, 0.15) is 0 Å². The number of hydrogen-bond acceptors (Lipinski definition) is 3. The number of hydrogen-bond donors (Lipinski definition) is 1. The highest BCUT2D eigenvalue weighted by atomic mass is 32.2. The Hall–Kier alpha value is -0.710. The van der Waals surface area contributed by atoms with Crippen molar-refractivity contribution in [2.75, 3.05) is 18.8 Å². The van der Waals surface area contributed by atoms with Crippen LogP contribution in [0.5, 0.6) is 0 Å². The van der Waals surface area contributed by atoms with Crippen LogP contribution in [0, 0.1) is 5.41 Å². The van der Waals surface area contributed by atoms with Crippen LogP contribution in [-0.4, -0.2) is 45.5 Å². The largest absolute Gasteiger partial charge is 0.481 e. The van der Waals surface area contributed by atoms with Crippen molar-refractivity contribution in [1.29, 1.82) is 0 Å². The molecule has 20 heavy (non-hydrogen) atoms. The quantitative estimate of drug-likeness (QED) is 0.867. The standard InChI is InChI=1S/C15H25NO3S/c1-3-5-15(13(18)19)7-9-16(10-8-15)12(17)14(2)6-4-11-20-14/h3-11H2,1-2H3,(H,18,19). The van der Waals surface area contributed by atoms with Gasteiger partial charge in [-0.05, 0) is 44.8 Å². The summed E-state index contributed by atoms with van der Waals surface area (Å²) >= 11 is 1.76. The summed E-state index contributed by atoms with van der Waals surface area (Å²) in [7, 11) is 0. The second-order valence-electron chi connectivity index (χ2n) is 6.31. The molecule has 2 saturated heterocycles. The third kappa shape index (κ3) is 2.83. The number of amides is 1. The maximum atomic E-state index is 12.6.